The van der Waals surface area contributed by atoms with E-state index in [2.05, 4.69) is 26.3 Å². The smallest absolute Gasteiger partial charge is 0.112 e. The molecular formula is C8H12IP. The number of hydrogen-bond donors (Lipinski definition) is 0. The molecule has 0 heterocycles. The van der Waals surface area contributed by atoms with Crippen LogP contribution in [0.3, 0.4) is 0 Å². The highest BCUT2D eigenvalue weighted by molar-refractivity contribution is 7.87. The zero-order valence-electron chi connectivity index (χ0n) is 5.96. The van der Waals surface area contributed by atoms with Crippen LogP contribution < -0.4 is 24.0 Å². The van der Waals surface area contributed by atoms with Crippen LogP contribution in [0.25, 0.3) is 0 Å². The summed E-state index contributed by atoms with van der Waals surface area (Å²) in [6.07, 6.45) is 0. The molecule has 0 atom stereocenters. The second-order valence-electron chi connectivity index (χ2n) is 1.62. The largest absolute Gasteiger partial charge is 1.00 e. The number of halogens is 1. The van der Waals surface area contributed by atoms with Gasteiger partial charge in [0.25, 0.3) is 0 Å². The average molecular weight is 266 g/mol. The van der Waals surface area contributed by atoms with Crippen LogP contribution in [-0.4, -0.2) is 0 Å². The molecule has 0 spiro atoms. The molecule has 0 nitrogen and oxygen atoms in total. The van der Waals surface area contributed by atoms with Gasteiger partial charge in [-0.15, -0.1) is 0 Å². The highest BCUT2D eigenvalue weighted by Gasteiger charge is 2.20. The van der Waals surface area contributed by atoms with E-state index in [4.69, 9.17) is 0 Å². The first-order chi connectivity index (χ1) is 4.24. The molecule has 0 aromatic rings. The molecule has 0 unspecified atom stereocenters. The third-order valence-corrected chi connectivity index (χ3v) is 3.79. The lowest BCUT2D eigenvalue weighted by Crippen LogP contribution is -3.00. The molecule has 0 saturated heterocycles. The van der Waals surface area contributed by atoms with Gasteiger partial charge in [0.2, 0.25) is 0 Å². The van der Waals surface area contributed by atoms with Crippen LogP contribution >= 0.6 is 7.26 Å². The topological polar surface area (TPSA) is 0 Å². The maximum absolute atomic E-state index is 3.68. The molecule has 56 valence electrons. The van der Waals surface area contributed by atoms with Gasteiger partial charge in [-0.2, -0.15) is 0 Å². The third-order valence-electron chi connectivity index (χ3n) is 1.26. The van der Waals surface area contributed by atoms with Gasteiger partial charge in [0.15, 0.2) is 0 Å². The van der Waals surface area contributed by atoms with E-state index in [9.17, 15) is 0 Å². The van der Waals surface area contributed by atoms with Crippen molar-refractivity contribution in [1.29, 1.82) is 0 Å². The summed E-state index contributed by atoms with van der Waals surface area (Å²) in [5.41, 5.74) is 0. The Labute approximate surface area is 80.8 Å². The zero-order valence-corrected chi connectivity index (χ0v) is 9.01. The van der Waals surface area contributed by atoms with Crippen LogP contribution in [0.1, 0.15) is 0 Å². The van der Waals surface area contributed by atoms with Crippen molar-refractivity contribution >= 4 is 7.26 Å². The summed E-state index contributed by atoms with van der Waals surface area (Å²) in [7, 11) is -1.36. The Morgan fingerprint density at radius 1 is 0.700 bits per heavy atom. The van der Waals surface area contributed by atoms with Crippen molar-refractivity contribution in [1.82, 2.24) is 0 Å². The van der Waals surface area contributed by atoms with Gasteiger partial charge in [-0.1, -0.05) is 26.3 Å². The highest BCUT2D eigenvalue weighted by atomic mass is 127. The lowest BCUT2D eigenvalue weighted by atomic mass is 11.2. The molecule has 0 aromatic heterocycles. The maximum Gasteiger partial charge on any atom is 0.112 e. The molecule has 0 aliphatic rings. The van der Waals surface area contributed by atoms with Gasteiger partial charge in [0.05, 0.1) is 23.3 Å². The predicted molar refractivity (Wildman–Crippen MR) is 47.7 cm³/mol. The summed E-state index contributed by atoms with van der Waals surface area (Å²) in [6.45, 7) is 14.7. The van der Waals surface area contributed by atoms with Crippen molar-refractivity contribution in [2.24, 2.45) is 0 Å². The van der Waals surface area contributed by atoms with Crippen molar-refractivity contribution < 1.29 is 24.0 Å². The van der Waals surface area contributed by atoms with E-state index in [1.807, 2.05) is 23.3 Å². The van der Waals surface area contributed by atoms with Gasteiger partial charge in [-0.3, -0.25) is 0 Å². The van der Waals surface area contributed by atoms with E-state index in [1.54, 1.807) is 0 Å². The normalized spacial score (nSPS) is 8.80. The molecule has 0 aromatic carbocycles. The maximum atomic E-state index is 3.68. The monoisotopic (exact) mass is 266 g/mol. The summed E-state index contributed by atoms with van der Waals surface area (Å²) < 4.78 is 0. The van der Waals surface area contributed by atoms with E-state index >= 15 is 0 Å². The zero-order chi connectivity index (χ0) is 7.33. The summed E-state index contributed by atoms with van der Waals surface area (Å²) in [5, 5.41) is 0. The Morgan fingerprint density at radius 2 is 0.900 bits per heavy atom. The Balaban J connectivity index is 0. The van der Waals surface area contributed by atoms with Crippen LogP contribution in [0.15, 0.2) is 49.6 Å². The highest BCUT2D eigenvalue weighted by Crippen LogP contribution is 2.63. The van der Waals surface area contributed by atoms with Gasteiger partial charge in [0.1, 0.15) is 7.26 Å². The molecule has 0 aliphatic heterocycles. The van der Waals surface area contributed by atoms with Gasteiger partial charge in [-0.25, -0.2) is 0 Å². The fourth-order valence-corrected chi connectivity index (χ4v) is 1.34. The van der Waals surface area contributed by atoms with Crippen molar-refractivity contribution in [3.63, 3.8) is 0 Å². The van der Waals surface area contributed by atoms with E-state index in [0.717, 1.165) is 0 Å². The Hall–Kier alpha value is 0.120. The lowest BCUT2D eigenvalue weighted by Gasteiger charge is -2.04. The van der Waals surface area contributed by atoms with E-state index in [0.29, 0.717) is 0 Å². The quantitative estimate of drug-likeness (QED) is 0.516. The van der Waals surface area contributed by atoms with Crippen LogP contribution in [0, 0.1) is 0 Å². The molecule has 10 heavy (non-hydrogen) atoms. The number of hydrogen-bond acceptors (Lipinski definition) is 0. The van der Waals surface area contributed by atoms with Crippen molar-refractivity contribution in [3.05, 3.63) is 49.6 Å². The fraction of sp³-hybridized carbons (Fsp3) is 0. The molecular weight excluding hydrogens is 254 g/mol. The van der Waals surface area contributed by atoms with E-state index in [1.165, 1.54) is 0 Å². The second kappa shape index (κ2) is 5.87. The minimum atomic E-state index is -1.36. The van der Waals surface area contributed by atoms with E-state index in [-0.39, 0.29) is 24.0 Å². The fourth-order valence-electron chi connectivity index (χ4n) is 0.447. The molecule has 0 aliphatic carbocycles. The summed E-state index contributed by atoms with van der Waals surface area (Å²) in [4.78, 5) is 0. The lowest BCUT2D eigenvalue weighted by molar-refractivity contribution is -0.00000189. The summed E-state index contributed by atoms with van der Waals surface area (Å²) in [6, 6.07) is 0. The summed E-state index contributed by atoms with van der Waals surface area (Å²) in [5.74, 6) is 7.44. The first kappa shape index (κ1) is 12.8. The Bertz CT molecular complexity index is 112. The van der Waals surface area contributed by atoms with E-state index < -0.39 is 7.26 Å². The first-order valence-electron chi connectivity index (χ1n) is 2.67. The van der Waals surface area contributed by atoms with Crippen LogP contribution in [-0.2, 0) is 0 Å². The third kappa shape index (κ3) is 2.80. The van der Waals surface area contributed by atoms with Crippen molar-refractivity contribution in [3.8, 4) is 0 Å². The van der Waals surface area contributed by atoms with Crippen molar-refractivity contribution in [2.45, 2.75) is 0 Å². The molecule has 0 fully saturated rings. The molecule has 0 saturated carbocycles. The number of rotatable bonds is 4. The van der Waals surface area contributed by atoms with Gasteiger partial charge in [0, 0.05) is 0 Å². The van der Waals surface area contributed by atoms with Gasteiger partial charge >= 0.3 is 0 Å². The summed E-state index contributed by atoms with van der Waals surface area (Å²) >= 11 is 0. The van der Waals surface area contributed by atoms with Crippen LogP contribution in [0.5, 0.6) is 0 Å². The SMILES string of the molecule is C=C[P+](C=C)(C=C)C=C.[I-]. The standard InChI is InChI=1S/C8H12P.HI/c1-5-9(6-2,7-3)8-4;/h5-8H,1-4H2;1H/q+1;/p-1. The predicted octanol–water partition coefficient (Wildman–Crippen LogP) is 0.582. The molecule has 0 rings (SSSR count). The molecule has 0 N–H and O–H groups in total. The van der Waals surface area contributed by atoms with Crippen LogP contribution in [0.2, 0.25) is 0 Å². The second-order valence-corrected chi connectivity index (χ2v) is 4.87. The Morgan fingerprint density at radius 3 is 0.900 bits per heavy atom. The average Bonchev–Trinajstić information content (AvgIpc) is 1.95. The molecule has 0 bridgehead atoms. The van der Waals surface area contributed by atoms with Gasteiger partial charge < -0.3 is 24.0 Å². The first-order valence-corrected chi connectivity index (χ1v) is 4.73. The molecule has 0 amide bonds. The minimum Gasteiger partial charge on any atom is -1.00 e. The van der Waals surface area contributed by atoms with Crippen molar-refractivity contribution in [2.75, 3.05) is 0 Å². The van der Waals surface area contributed by atoms with Gasteiger partial charge in [-0.05, 0) is 0 Å². The molecule has 0 radical (unpaired) electrons. The minimum absolute atomic E-state index is 0. The molecule has 2 heteroatoms. The Kier molecular flexibility index (Phi) is 7.50. The van der Waals surface area contributed by atoms with Crippen LogP contribution in [0.4, 0.5) is 0 Å².